The van der Waals surface area contributed by atoms with Crippen molar-refractivity contribution in [3.05, 3.63) is 89.5 Å². The van der Waals surface area contributed by atoms with Gasteiger partial charge in [0.1, 0.15) is 22.6 Å². The van der Waals surface area contributed by atoms with Gasteiger partial charge >= 0.3 is 0 Å². The number of anilines is 1. The second kappa shape index (κ2) is 11.8. The predicted molar refractivity (Wildman–Crippen MR) is 153 cm³/mol. The molecule has 0 aliphatic heterocycles. The molecule has 192 valence electrons. The van der Waals surface area contributed by atoms with Crippen molar-refractivity contribution in [2.75, 3.05) is 19.5 Å². The summed E-state index contributed by atoms with van der Waals surface area (Å²) in [5, 5.41) is 13.2. The van der Waals surface area contributed by atoms with Gasteiger partial charge in [-0.25, -0.2) is 4.98 Å². The number of nitrogens with one attached hydrogen (secondary N) is 1. The Balaban J connectivity index is 1.79. The number of pyridine rings is 1. The molecule has 6 nitrogen and oxygen atoms in total. The first-order chi connectivity index (χ1) is 18.3. The monoisotopic (exact) mass is 523 g/mol. The van der Waals surface area contributed by atoms with E-state index in [1.54, 1.807) is 14.2 Å². The van der Waals surface area contributed by atoms with E-state index in [1.165, 1.54) is 11.8 Å². The van der Waals surface area contributed by atoms with Gasteiger partial charge in [-0.3, -0.25) is 4.79 Å². The summed E-state index contributed by atoms with van der Waals surface area (Å²) in [4.78, 5) is 18.0. The number of aryl methyl sites for hydroxylation is 2. The maximum atomic E-state index is 13.1. The quantitative estimate of drug-likeness (QED) is 0.249. The Bertz CT molecular complexity index is 1510. The number of ether oxygens (including phenoxy) is 2. The topological polar surface area (TPSA) is 84.2 Å². The molecular formula is C31H29N3O3S. The second-order valence-corrected chi connectivity index (χ2v) is 10.2. The van der Waals surface area contributed by atoms with Gasteiger partial charge < -0.3 is 14.8 Å². The summed E-state index contributed by atoms with van der Waals surface area (Å²) in [7, 11) is 3.18. The molecule has 1 aromatic heterocycles. The van der Waals surface area contributed by atoms with Crippen LogP contribution in [0.3, 0.4) is 0 Å². The van der Waals surface area contributed by atoms with E-state index in [0.717, 1.165) is 22.4 Å². The molecular weight excluding hydrogens is 494 g/mol. The standard InChI is InChI=1S/C31H29N3O3S/c1-19-11-12-23(15-20(19)2)33-30(35)21(3)38-31-27(18-32)25(17-28(34-31)22-9-7-6-8-10-22)26-16-24(36-4)13-14-29(26)37-5/h6-17,21H,1-5H3,(H,33,35). The second-order valence-electron chi connectivity index (χ2n) is 8.83. The zero-order valence-corrected chi connectivity index (χ0v) is 22.8. The molecule has 0 fully saturated rings. The average molecular weight is 524 g/mol. The number of amides is 1. The van der Waals surface area contributed by atoms with Crippen LogP contribution >= 0.6 is 11.8 Å². The van der Waals surface area contributed by atoms with E-state index in [2.05, 4.69) is 11.4 Å². The molecule has 0 aliphatic carbocycles. The molecule has 1 amide bonds. The van der Waals surface area contributed by atoms with E-state index in [4.69, 9.17) is 14.5 Å². The number of hydrogen-bond acceptors (Lipinski definition) is 6. The molecule has 0 saturated carbocycles. The average Bonchev–Trinajstić information content (AvgIpc) is 2.94. The number of nitrogens with zero attached hydrogens (tertiary/aromatic N) is 2. The van der Waals surface area contributed by atoms with Gasteiger partial charge in [0.2, 0.25) is 5.91 Å². The number of aromatic nitrogens is 1. The minimum Gasteiger partial charge on any atom is -0.497 e. The Morgan fingerprint density at radius 2 is 1.71 bits per heavy atom. The maximum Gasteiger partial charge on any atom is 0.237 e. The number of benzene rings is 3. The van der Waals surface area contributed by atoms with Crippen LogP contribution in [0, 0.1) is 25.2 Å². The van der Waals surface area contributed by atoms with Gasteiger partial charge in [-0.1, -0.05) is 48.2 Å². The SMILES string of the molecule is COc1ccc(OC)c(-c2cc(-c3ccccc3)nc(SC(C)C(=O)Nc3ccc(C)c(C)c3)c2C#N)c1. The summed E-state index contributed by atoms with van der Waals surface area (Å²) in [5.41, 5.74) is 6.31. The number of hydrogen-bond donors (Lipinski definition) is 1. The Labute approximate surface area is 227 Å². The number of carbonyl (C=O) groups is 1. The molecule has 0 spiro atoms. The zero-order chi connectivity index (χ0) is 27.2. The van der Waals surface area contributed by atoms with Gasteiger partial charge in [-0.05, 0) is 68.3 Å². The third-order valence-electron chi connectivity index (χ3n) is 6.30. The van der Waals surface area contributed by atoms with Crippen molar-refractivity contribution in [3.63, 3.8) is 0 Å². The number of methoxy groups -OCH3 is 2. The molecule has 0 saturated heterocycles. The predicted octanol–water partition coefficient (Wildman–Crippen LogP) is 7.04. The van der Waals surface area contributed by atoms with Crippen molar-refractivity contribution in [3.8, 4) is 40.0 Å². The van der Waals surface area contributed by atoms with E-state index in [1.807, 2.05) is 93.6 Å². The summed E-state index contributed by atoms with van der Waals surface area (Å²) in [6, 6.07) is 25.2. The molecule has 3 aromatic carbocycles. The molecule has 0 aliphatic rings. The Hall–Kier alpha value is -4.28. The summed E-state index contributed by atoms with van der Waals surface area (Å²) >= 11 is 1.25. The van der Waals surface area contributed by atoms with Crippen molar-refractivity contribution < 1.29 is 14.3 Å². The number of nitriles is 1. The van der Waals surface area contributed by atoms with Crippen LogP contribution in [-0.4, -0.2) is 30.4 Å². The third kappa shape index (κ3) is 5.82. The Kier molecular flexibility index (Phi) is 8.35. The van der Waals surface area contributed by atoms with Gasteiger partial charge in [0.25, 0.3) is 0 Å². The Morgan fingerprint density at radius 1 is 0.947 bits per heavy atom. The number of thioether (sulfide) groups is 1. The van der Waals surface area contributed by atoms with Crippen LogP contribution in [-0.2, 0) is 4.79 Å². The number of rotatable bonds is 8. The van der Waals surface area contributed by atoms with Crippen molar-refractivity contribution in [2.24, 2.45) is 0 Å². The minimum atomic E-state index is -0.512. The van der Waals surface area contributed by atoms with E-state index in [0.29, 0.717) is 38.9 Å². The van der Waals surface area contributed by atoms with Crippen LogP contribution in [0.2, 0.25) is 0 Å². The highest BCUT2D eigenvalue weighted by Crippen LogP contribution is 2.40. The van der Waals surface area contributed by atoms with Gasteiger partial charge in [-0.15, -0.1) is 0 Å². The van der Waals surface area contributed by atoms with E-state index in [9.17, 15) is 10.1 Å². The minimum absolute atomic E-state index is 0.172. The Morgan fingerprint density at radius 3 is 2.37 bits per heavy atom. The maximum absolute atomic E-state index is 13.1. The van der Waals surface area contributed by atoms with Crippen LogP contribution in [0.4, 0.5) is 5.69 Å². The molecule has 38 heavy (non-hydrogen) atoms. The van der Waals surface area contributed by atoms with Crippen LogP contribution in [0.5, 0.6) is 11.5 Å². The van der Waals surface area contributed by atoms with Crippen LogP contribution < -0.4 is 14.8 Å². The number of carbonyl (C=O) groups excluding carboxylic acids is 1. The van der Waals surface area contributed by atoms with Crippen molar-refractivity contribution in [1.82, 2.24) is 4.98 Å². The van der Waals surface area contributed by atoms with Gasteiger partial charge in [-0.2, -0.15) is 5.26 Å². The van der Waals surface area contributed by atoms with Crippen LogP contribution in [0.25, 0.3) is 22.4 Å². The molecule has 7 heteroatoms. The zero-order valence-electron chi connectivity index (χ0n) is 22.0. The highest BCUT2D eigenvalue weighted by Gasteiger charge is 2.23. The fourth-order valence-corrected chi connectivity index (χ4v) is 4.92. The smallest absolute Gasteiger partial charge is 0.237 e. The fraction of sp³-hybridized carbons (Fsp3) is 0.194. The van der Waals surface area contributed by atoms with Gasteiger partial charge in [0.05, 0.1) is 30.7 Å². The summed E-state index contributed by atoms with van der Waals surface area (Å²) in [5.74, 6) is 1.07. The molecule has 1 N–H and O–H groups in total. The lowest BCUT2D eigenvalue weighted by molar-refractivity contribution is -0.115. The van der Waals surface area contributed by atoms with Crippen molar-refractivity contribution >= 4 is 23.4 Å². The molecule has 4 aromatic rings. The van der Waals surface area contributed by atoms with E-state index in [-0.39, 0.29) is 5.91 Å². The molecule has 0 bridgehead atoms. The van der Waals surface area contributed by atoms with Crippen molar-refractivity contribution in [1.29, 1.82) is 5.26 Å². The van der Waals surface area contributed by atoms with Crippen molar-refractivity contribution in [2.45, 2.75) is 31.0 Å². The van der Waals surface area contributed by atoms with Gasteiger partial charge in [0, 0.05) is 22.4 Å². The molecule has 4 rings (SSSR count). The summed E-state index contributed by atoms with van der Waals surface area (Å²) in [6.07, 6.45) is 0. The summed E-state index contributed by atoms with van der Waals surface area (Å²) < 4.78 is 11.1. The first-order valence-electron chi connectivity index (χ1n) is 12.1. The van der Waals surface area contributed by atoms with E-state index >= 15 is 0 Å². The first kappa shape index (κ1) is 26.8. The first-order valence-corrected chi connectivity index (χ1v) is 13.0. The summed E-state index contributed by atoms with van der Waals surface area (Å²) in [6.45, 7) is 5.85. The third-order valence-corrected chi connectivity index (χ3v) is 7.38. The molecule has 1 unspecified atom stereocenters. The largest absolute Gasteiger partial charge is 0.497 e. The molecule has 0 radical (unpaired) electrons. The highest BCUT2D eigenvalue weighted by atomic mass is 32.2. The normalized spacial score (nSPS) is 11.4. The molecule has 1 heterocycles. The van der Waals surface area contributed by atoms with E-state index < -0.39 is 5.25 Å². The van der Waals surface area contributed by atoms with Crippen LogP contribution in [0.15, 0.2) is 77.8 Å². The lowest BCUT2D eigenvalue weighted by Crippen LogP contribution is -2.22. The lowest BCUT2D eigenvalue weighted by Gasteiger charge is -2.17. The molecule has 1 atom stereocenters. The highest BCUT2D eigenvalue weighted by molar-refractivity contribution is 8.00. The fourth-order valence-electron chi connectivity index (χ4n) is 3.99. The van der Waals surface area contributed by atoms with Gasteiger partial charge in [0.15, 0.2) is 0 Å². The van der Waals surface area contributed by atoms with Crippen LogP contribution in [0.1, 0.15) is 23.6 Å². The lowest BCUT2D eigenvalue weighted by atomic mass is 9.98.